The molecule has 0 bridgehead atoms. The number of ether oxygens (including phenoxy) is 1. The fourth-order valence-corrected chi connectivity index (χ4v) is 1.97. The van der Waals surface area contributed by atoms with Crippen molar-refractivity contribution in [1.82, 2.24) is 5.32 Å². The summed E-state index contributed by atoms with van der Waals surface area (Å²) in [6, 6.07) is 8.46. The monoisotopic (exact) mass is 234 g/mol. The summed E-state index contributed by atoms with van der Waals surface area (Å²) in [6.45, 7) is 8.57. The highest BCUT2D eigenvalue weighted by molar-refractivity contribution is 5.49. The first-order chi connectivity index (χ1) is 8.29. The summed E-state index contributed by atoms with van der Waals surface area (Å²) in [5.74, 6) is 0.971. The van der Waals surface area contributed by atoms with Gasteiger partial charge >= 0.3 is 0 Å². The number of nitrogens with zero attached hydrogens (tertiary/aromatic N) is 1. The fraction of sp³-hybridized carbons (Fsp3) is 0.571. The second kappa shape index (κ2) is 5.92. The van der Waals surface area contributed by atoms with Gasteiger partial charge < -0.3 is 15.0 Å². The van der Waals surface area contributed by atoms with Crippen LogP contribution >= 0.6 is 0 Å². The molecule has 0 aliphatic carbocycles. The lowest BCUT2D eigenvalue weighted by Crippen LogP contribution is -2.43. The molecule has 1 atom stereocenters. The maximum Gasteiger partial charge on any atom is 0.119 e. The van der Waals surface area contributed by atoms with Crippen LogP contribution < -0.4 is 15.0 Å². The van der Waals surface area contributed by atoms with Gasteiger partial charge in [-0.1, -0.05) is 6.92 Å². The second-order valence-electron chi connectivity index (χ2n) is 4.57. The fourth-order valence-electron chi connectivity index (χ4n) is 1.97. The molecule has 1 N–H and O–H groups in total. The van der Waals surface area contributed by atoms with E-state index in [1.807, 2.05) is 0 Å². The molecule has 94 valence electrons. The summed E-state index contributed by atoms with van der Waals surface area (Å²) < 4.78 is 5.77. The largest absolute Gasteiger partial charge is 0.491 e. The highest BCUT2D eigenvalue weighted by Crippen LogP contribution is 2.20. The highest BCUT2D eigenvalue weighted by atomic mass is 16.5. The Balaban J connectivity index is 1.97. The van der Waals surface area contributed by atoms with Crippen LogP contribution in [0.15, 0.2) is 24.3 Å². The van der Waals surface area contributed by atoms with Crippen LogP contribution in [-0.2, 0) is 0 Å². The third-order valence-corrected chi connectivity index (χ3v) is 3.23. The Kier molecular flexibility index (Phi) is 4.26. The van der Waals surface area contributed by atoms with Gasteiger partial charge in [-0.05, 0) is 37.6 Å². The quantitative estimate of drug-likeness (QED) is 0.865. The maximum atomic E-state index is 5.77. The Labute approximate surface area is 104 Å². The van der Waals surface area contributed by atoms with Gasteiger partial charge in [0.05, 0.1) is 6.10 Å². The van der Waals surface area contributed by atoms with Crippen molar-refractivity contribution in [3.05, 3.63) is 24.3 Å². The molecule has 3 nitrogen and oxygen atoms in total. The van der Waals surface area contributed by atoms with E-state index in [2.05, 4.69) is 48.3 Å². The molecular formula is C14H22N2O. The van der Waals surface area contributed by atoms with Gasteiger partial charge in [0, 0.05) is 31.9 Å². The smallest absolute Gasteiger partial charge is 0.119 e. The predicted molar refractivity (Wildman–Crippen MR) is 71.9 cm³/mol. The zero-order chi connectivity index (χ0) is 12.1. The molecule has 0 spiro atoms. The Morgan fingerprint density at radius 1 is 1.24 bits per heavy atom. The summed E-state index contributed by atoms with van der Waals surface area (Å²) in [7, 11) is 0. The van der Waals surface area contributed by atoms with Gasteiger partial charge in [-0.15, -0.1) is 0 Å². The summed E-state index contributed by atoms with van der Waals surface area (Å²) in [6.07, 6.45) is 1.33. The van der Waals surface area contributed by atoms with Crippen LogP contribution in [0, 0.1) is 0 Å². The maximum absolute atomic E-state index is 5.77. The molecule has 0 radical (unpaired) electrons. The third kappa shape index (κ3) is 3.37. The van der Waals surface area contributed by atoms with Crippen LogP contribution in [0.2, 0.25) is 0 Å². The molecule has 1 aromatic carbocycles. The van der Waals surface area contributed by atoms with E-state index < -0.39 is 0 Å². The van der Waals surface area contributed by atoms with Crippen molar-refractivity contribution in [2.75, 3.05) is 31.1 Å². The normalized spacial score (nSPS) is 17.9. The number of anilines is 1. The standard InChI is InChI=1S/C14H22N2O/c1-3-12(2)17-14-6-4-13(5-7-14)16-10-8-15-9-11-16/h4-7,12,15H,3,8-11H2,1-2H3/t12-/m0/s1. The molecule has 1 heterocycles. The van der Waals surface area contributed by atoms with E-state index in [9.17, 15) is 0 Å². The Morgan fingerprint density at radius 3 is 2.47 bits per heavy atom. The van der Waals surface area contributed by atoms with Crippen molar-refractivity contribution < 1.29 is 4.74 Å². The first kappa shape index (κ1) is 12.2. The number of benzene rings is 1. The van der Waals surface area contributed by atoms with Crippen molar-refractivity contribution in [2.24, 2.45) is 0 Å². The minimum absolute atomic E-state index is 0.292. The highest BCUT2D eigenvalue weighted by Gasteiger charge is 2.10. The van der Waals surface area contributed by atoms with Crippen LogP contribution in [0.3, 0.4) is 0 Å². The SMILES string of the molecule is CC[C@H](C)Oc1ccc(N2CCNCC2)cc1. The van der Waals surface area contributed by atoms with Crippen LogP contribution in [-0.4, -0.2) is 32.3 Å². The van der Waals surface area contributed by atoms with Crippen LogP contribution in [0.5, 0.6) is 5.75 Å². The van der Waals surface area contributed by atoms with Crippen molar-refractivity contribution in [2.45, 2.75) is 26.4 Å². The first-order valence-electron chi connectivity index (χ1n) is 6.52. The van der Waals surface area contributed by atoms with Gasteiger partial charge in [-0.25, -0.2) is 0 Å². The van der Waals surface area contributed by atoms with E-state index in [1.165, 1.54) is 5.69 Å². The molecule has 0 saturated carbocycles. The van der Waals surface area contributed by atoms with E-state index in [1.54, 1.807) is 0 Å². The van der Waals surface area contributed by atoms with Crippen molar-refractivity contribution in [3.63, 3.8) is 0 Å². The molecule has 3 heteroatoms. The van der Waals surface area contributed by atoms with Gasteiger partial charge in [0.2, 0.25) is 0 Å². The van der Waals surface area contributed by atoms with Gasteiger partial charge in [0.15, 0.2) is 0 Å². The van der Waals surface area contributed by atoms with Crippen LogP contribution in [0.1, 0.15) is 20.3 Å². The molecule has 0 unspecified atom stereocenters. The molecule has 17 heavy (non-hydrogen) atoms. The molecule has 2 rings (SSSR count). The lowest BCUT2D eigenvalue weighted by molar-refractivity contribution is 0.217. The van der Waals surface area contributed by atoms with E-state index in [4.69, 9.17) is 4.74 Å². The van der Waals surface area contributed by atoms with Crippen molar-refractivity contribution in [1.29, 1.82) is 0 Å². The van der Waals surface area contributed by atoms with Gasteiger partial charge in [0.25, 0.3) is 0 Å². The van der Waals surface area contributed by atoms with Crippen molar-refractivity contribution >= 4 is 5.69 Å². The van der Waals surface area contributed by atoms with Gasteiger partial charge in [-0.3, -0.25) is 0 Å². The molecule has 1 aliphatic rings. The average molecular weight is 234 g/mol. The number of piperazine rings is 1. The van der Waals surface area contributed by atoms with Crippen molar-refractivity contribution in [3.8, 4) is 5.75 Å². The summed E-state index contributed by atoms with van der Waals surface area (Å²) >= 11 is 0. The van der Waals surface area contributed by atoms with Gasteiger partial charge in [0.1, 0.15) is 5.75 Å². The third-order valence-electron chi connectivity index (χ3n) is 3.23. The molecule has 1 aliphatic heterocycles. The van der Waals surface area contributed by atoms with E-state index >= 15 is 0 Å². The second-order valence-corrected chi connectivity index (χ2v) is 4.57. The lowest BCUT2D eigenvalue weighted by Gasteiger charge is -2.29. The minimum atomic E-state index is 0.292. The molecule has 1 saturated heterocycles. The number of rotatable bonds is 4. The van der Waals surface area contributed by atoms with Gasteiger partial charge in [-0.2, -0.15) is 0 Å². The summed E-state index contributed by atoms with van der Waals surface area (Å²) in [5.41, 5.74) is 1.29. The zero-order valence-electron chi connectivity index (χ0n) is 10.8. The molecule has 1 fully saturated rings. The molecule has 0 amide bonds. The Morgan fingerprint density at radius 2 is 1.88 bits per heavy atom. The average Bonchev–Trinajstić information content (AvgIpc) is 2.40. The summed E-state index contributed by atoms with van der Waals surface area (Å²) in [4.78, 5) is 2.41. The van der Waals surface area contributed by atoms with Crippen LogP contribution in [0.4, 0.5) is 5.69 Å². The molecule has 0 aromatic heterocycles. The first-order valence-corrected chi connectivity index (χ1v) is 6.52. The van der Waals surface area contributed by atoms with E-state index in [0.29, 0.717) is 6.10 Å². The zero-order valence-corrected chi connectivity index (χ0v) is 10.8. The van der Waals surface area contributed by atoms with E-state index in [-0.39, 0.29) is 0 Å². The number of nitrogens with one attached hydrogen (secondary N) is 1. The van der Waals surface area contributed by atoms with Crippen LogP contribution in [0.25, 0.3) is 0 Å². The van der Waals surface area contributed by atoms with E-state index in [0.717, 1.165) is 38.3 Å². The lowest BCUT2D eigenvalue weighted by atomic mass is 10.2. The number of hydrogen-bond acceptors (Lipinski definition) is 3. The minimum Gasteiger partial charge on any atom is -0.491 e. The predicted octanol–water partition coefficient (Wildman–Crippen LogP) is 2.27. The Hall–Kier alpha value is -1.22. The molecular weight excluding hydrogens is 212 g/mol. The topological polar surface area (TPSA) is 24.5 Å². The summed E-state index contributed by atoms with van der Waals surface area (Å²) in [5, 5.41) is 3.36. The molecule has 1 aromatic rings. The Bertz CT molecular complexity index is 331. The number of hydrogen-bond donors (Lipinski definition) is 1.